The van der Waals surface area contributed by atoms with Crippen molar-refractivity contribution in [3.05, 3.63) is 48.0 Å². The largest absolute Gasteiger partial charge is 0.481 e. The lowest BCUT2D eigenvalue weighted by Gasteiger charge is -2.34. The fourth-order valence-corrected chi connectivity index (χ4v) is 14.1. The minimum Gasteiger partial charge on any atom is -0.481 e. The van der Waals surface area contributed by atoms with Crippen LogP contribution in [-0.4, -0.2) is 225 Å². The summed E-state index contributed by atoms with van der Waals surface area (Å²) in [4.78, 5) is 251. The molecular weight excluding hydrogens is 1560 g/mol. The van der Waals surface area contributed by atoms with Crippen LogP contribution in [0.3, 0.4) is 0 Å². The van der Waals surface area contributed by atoms with Gasteiger partial charge in [0.15, 0.2) is 5.78 Å². The minimum absolute atomic E-state index is 0.00811. The number of allylic oxidation sites excluding steroid dienone is 2. The van der Waals surface area contributed by atoms with Crippen LogP contribution in [0.15, 0.2) is 42.5 Å². The summed E-state index contributed by atoms with van der Waals surface area (Å²) in [5.41, 5.74) is 19.6. The number of hydrogen-bond donors (Lipinski definition) is 18. The Balaban J connectivity index is 2.20. The number of aliphatic hydroxyl groups is 1. The summed E-state index contributed by atoms with van der Waals surface area (Å²) in [5.74, 6) is -17.8. The van der Waals surface area contributed by atoms with E-state index in [0.29, 0.717) is 56.9 Å². The van der Waals surface area contributed by atoms with E-state index in [2.05, 4.69) is 63.8 Å². The lowest BCUT2D eigenvalue weighted by Crippen LogP contribution is -2.63. The number of ketones is 2. The molecule has 37 nitrogen and oxygen atoms in total. The van der Waals surface area contributed by atoms with Crippen molar-refractivity contribution in [2.24, 2.45) is 52.0 Å². The molecule has 1 fully saturated rings. The van der Waals surface area contributed by atoms with Gasteiger partial charge in [0.05, 0.1) is 36.9 Å². The van der Waals surface area contributed by atoms with Crippen LogP contribution in [0.1, 0.15) is 230 Å². The van der Waals surface area contributed by atoms with Gasteiger partial charge in [0.25, 0.3) is 0 Å². The Morgan fingerprint density at radius 2 is 1.18 bits per heavy atom. The molecule has 120 heavy (non-hydrogen) atoms. The summed E-state index contributed by atoms with van der Waals surface area (Å²) in [6.45, 7) is 20.0. The average Bonchev–Trinajstić information content (AvgIpc) is 1.65. The van der Waals surface area contributed by atoms with Crippen molar-refractivity contribution < 1.29 is 96.5 Å². The zero-order valence-electron chi connectivity index (χ0n) is 72.0. The number of nitrogens with zero attached hydrogens (tertiary/aromatic N) is 1. The molecule has 15 atom stereocenters. The van der Waals surface area contributed by atoms with E-state index in [1.807, 2.05) is 12.2 Å². The van der Waals surface area contributed by atoms with E-state index in [9.17, 15) is 77.3 Å². The molecule has 1 saturated heterocycles. The third kappa shape index (κ3) is 35.9. The van der Waals surface area contributed by atoms with Crippen LogP contribution in [0.4, 0.5) is 0 Å². The normalized spacial score (nSPS) is 23.6. The van der Waals surface area contributed by atoms with Gasteiger partial charge in [0.2, 0.25) is 88.6 Å². The molecule has 1 unspecified atom stereocenters. The van der Waals surface area contributed by atoms with Crippen molar-refractivity contribution in [3.8, 4) is 0 Å². The summed E-state index contributed by atoms with van der Waals surface area (Å²) in [5, 5.41) is 53.0. The number of amides is 15. The van der Waals surface area contributed by atoms with Crippen LogP contribution in [0, 0.1) is 29.1 Å². The lowest BCUT2D eigenvalue weighted by molar-refractivity contribution is -0.144. The van der Waals surface area contributed by atoms with Gasteiger partial charge in [0.1, 0.15) is 77.8 Å². The highest BCUT2D eigenvalue weighted by molar-refractivity contribution is 6.02. The standard InChI is InChI=1S/C83H135N17O20/c1-46(2)39-57-73(112)90-55(31-24-27-37-84)71(110)96-66(48(5)6)77(116)89-51(10)70(109)99-83(13,81(120)94-54(69(87)108)33-34-63(85)104)36-26-20-18-16-14-15-17-19-25-35-82(12,80(119)95-58(40-47(3)4)74(113)92-59(75(114)91-57)41-53-29-22-21-23-30-53)44-62(103)68(52(11)102)98-76(115)61-32-28-38-100(61)79(118)60(42-64(86)105)93-78(117)67(49(7)8)97-72(111)56(43-65(106)107)88-45-50(9)101/h16,18,21-23,29-30,46-49,51-52,54-61,66-68,88,102H,14-15,17,19-20,24-28,31-45,84H2,1-13H3,(H2,85,104)(H2,86,105)(H2,87,108)(H,89,116)(H,90,112)(H,91,114)(H,92,113)(H,93,117)(H,94,120)(H,95,119)(H,96,110)(H,97,111)(H,98,115)(H,99,109)(H,106,107)/t51?,52-,54+,55+,56+,57+,58+,59+,60+,61+,66+,67+,68+,82+,83+/m1/s1. The highest BCUT2D eigenvalue weighted by Gasteiger charge is 2.46. The second kappa shape index (κ2) is 51.3. The first kappa shape index (κ1) is 104. The Morgan fingerprint density at radius 1 is 0.600 bits per heavy atom. The number of aliphatic hydroxyl groups excluding tert-OH is 1. The number of carbonyl (C=O) groups excluding carboxylic acids is 17. The molecule has 0 spiro atoms. The molecule has 672 valence electrons. The number of Topliss-reactive ketones (excluding diaryl/α,β-unsaturated/α-hetero) is 2. The van der Waals surface area contributed by atoms with E-state index < -0.39 is 227 Å². The first-order valence-electron chi connectivity index (χ1n) is 41.8. The molecule has 0 radical (unpaired) electrons. The number of rotatable bonds is 36. The van der Waals surface area contributed by atoms with Gasteiger partial charge < -0.3 is 96.5 Å². The number of carboxylic acids is 1. The Labute approximate surface area is 703 Å². The Hall–Kier alpha value is -10.3. The average molecular weight is 1690 g/mol. The molecule has 2 aliphatic rings. The van der Waals surface area contributed by atoms with E-state index in [-0.39, 0.29) is 102 Å². The predicted octanol–water partition coefficient (Wildman–Crippen LogP) is -0.429. The molecule has 3 rings (SSSR count). The number of hydrogen-bond acceptors (Lipinski definition) is 21. The van der Waals surface area contributed by atoms with Crippen molar-refractivity contribution in [1.82, 2.24) is 68.7 Å². The first-order chi connectivity index (χ1) is 56.2. The Kier molecular flexibility index (Phi) is 44.5. The SMILES string of the molecule is CC(=O)CN[C@@H](CC(=O)O)C(=O)N[C@H](C(=O)N[C@@H](CC(N)=O)C(=O)N1CCC[C@H]1C(=O)N[C@H](C(=O)C[C@]1(C)CCCCCCC=CCCC[C@@](C)(C(=O)N[C@@H](CCC(N)=O)C(N)=O)NC(=O)C(C)NC(=O)[C@H](C(C)C)NC(=O)[C@H](CCCCN)NC(=O)[C@H](CC(C)C)NC(=O)[C@H](Cc2ccccc2)NC(=O)[C@H](CC(C)C)NC1=O)[C@@H](C)O)C(C)C. The van der Waals surface area contributed by atoms with Crippen LogP contribution >= 0.6 is 0 Å². The fourth-order valence-electron chi connectivity index (χ4n) is 14.1. The van der Waals surface area contributed by atoms with E-state index in [1.165, 1.54) is 48.5 Å². The quantitative estimate of drug-likeness (QED) is 0.0299. The van der Waals surface area contributed by atoms with Gasteiger partial charge in [-0.2, -0.15) is 0 Å². The Morgan fingerprint density at radius 3 is 1.74 bits per heavy atom. The monoisotopic (exact) mass is 1690 g/mol. The molecule has 1 aromatic rings. The molecule has 2 heterocycles. The van der Waals surface area contributed by atoms with Crippen LogP contribution in [0.5, 0.6) is 0 Å². The molecule has 0 aromatic heterocycles. The number of benzene rings is 1. The third-order valence-corrected chi connectivity index (χ3v) is 21.1. The van der Waals surface area contributed by atoms with Gasteiger partial charge in [-0.25, -0.2) is 0 Å². The van der Waals surface area contributed by atoms with Crippen LogP contribution in [0.25, 0.3) is 0 Å². The number of carbonyl (C=O) groups is 18. The first-order valence-corrected chi connectivity index (χ1v) is 41.8. The minimum atomic E-state index is -1.77. The molecule has 37 heteroatoms. The maximum atomic E-state index is 15.4. The van der Waals surface area contributed by atoms with Crippen molar-refractivity contribution in [1.29, 1.82) is 0 Å². The van der Waals surface area contributed by atoms with Crippen molar-refractivity contribution in [3.63, 3.8) is 0 Å². The number of likely N-dealkylation sites (tertiary alicyclic amines) is 1. The van der Waals surface area contributed by atoms with Crippen molar-refractivity contribution in [2.45, 2.75) is 315 Å². The Bertz CT molecular complexity index is 3730. The van der Waals surface area contributed by atoms with Crippen molar-refractivity contribution in [2.75, 3.05) is 19.6 Å². The molecule has 15 amide bonds. The summed E-state index contributed by atoms with van der Waals surface area (Å²) in [7, 11) is 0. The topological polar surface area (TPSA) is 599 Å². The number of primary amides is 3. The third-order valence-electron chi connectivity index (χ3n) is 21.1. The lowest BCUT2D eigenvalue weighted by atomic mass is 9.77. The van der Waals surface area contributed by atoms with Gasteiger partial charge in [-0.05, 0) is 153 Å². The maximum absolute atomic E-state index is 15.4. The molecule has 2 aliphatic heterocycles. The van der Waals surface area contributed by atoms with E-state index in [0.717, 1.165) is 4.90 Å². The predicted molar refractivity (Wildman–Crippen MR) is 444 cm³/mol. The second-order valence-corrected chi connectivity index (χ2v) is 33.8. The van der Waals surface area contributed by atoms with E-state index in [1.54, 1.807) is 71.9 Å². The number of nitrogens with one attached hydrogen (secondary N) is 12. The van der Waals surface area contributed by atoms with Gasteiger partial charge in [-0.1, -0.05) is 124 Å². The summed E-state index contributed by atoms with van der Waals surface area (Å²) in [6, 6.07) is -8.72. The van der Waals surface area contributed by atoms with E-state index in [4.69, 9.17) is 22.9 Å². The van der Waals surface area contributed by atoms with Crippen LogP contribution in [-0.2, 0) is 92.7 Å². The molecular formula is C83H135N17O20. The number of unbranched alkanes of at least 4 members (excludes halogenated alkanes) is 1. The molecule has 0 saturated carbocycles. The van der Waals surface area contributed by atoms with Gasteiger partial charge in [-0.3, -0.25) is 91.6 Å². The zero-order valence-corrected chi connectivity index (χ0v) is 72.0. The number of aliphatic carboxylic acids is 1. The maximum Gasteiger partial charge on any atom is 0.305 e. The van der Waals surface area contributed by atoms with E-state index >= 15 is 19.2 Å². The summed E-state index contributed by atoms with van der Waals surface area (Å²) in [6.07, 6.45) is 3.30. The second-order valence-electron chi connectivity index (χ2n) is 33.8. The van der Waals surface area contributed by atoms with Crippen LogP contribution in [0.2, 0.25) is 0 Å². The molecule has 1 aromatic carbocycles. The van der Waals surface area contributed by atoms with Crippen LogP contribution < -0.4 is 86.7 Å². The number of nitrogens with two attached hydrogens (primary N) is 4. The molecule has 22 N–H and O–H groups in total. The molecule has 0 bridgehead atoms. The summed E-state index contributed by atoms with van der Waals surface area (Å²) >= 11 is 0. The van der Waals surface area contributed by atoms with Crippen molar-refractivity contribution >= 4 is 106 Å². The highest BCUT2D eigenvalue weighted by Crippen LogP contribution is 2.32. The number of carboxylic acid groups (broad SMARTS) is 1. The van der Waals surface area contributed by atoms with Gasteiger partial charge >= 0.3 is 5.97 Å². The summed E-state index contributed by atoms with van der Waals surface area (Å²) < 4.78 is 0. The fraction of sp³-hybridized carbons (Fsp3) is 0.687. The van der Waals surface area contributed by atoms with Gasteiger partial charge in [-0.15, -0.1) is 0 Å². The highest BCUT2D eigenvalue weighted by atomic mass is 16.4. The zero-order chi connectivity index (χ0) is 90.5. The smallest absolute Gasteiger partial charge is 0.305 e. The van der Waals surface area contributed by atoms with Gasteiger partial charge in [0, 0.05) is 25.8 Å². The molecule has 0 aliphatic carbocycles.